The Balaban J connectivity index is 2.57. The Hall–Kier alpha value is -0.830. The van der Waals surface area contributed by atoms with Crippen LogP contribution in [0.5, 0.6) is 0 Å². The molecule has 1 rings (SSSR count). The predicted molar refractivity (Wildman–Crippen MR) is 73.0 cm³/mol. The topological polar surface area (TPSA) is 29.9 Å². The SMILES string of the molecule is CCCC(C)Cn1cc(C(CC)NCC)cn1. The van der Waals surface area contributed by atoms with Gasteiger partial charge in [-0.2, -0.15) is 5.10 Å². The van der Waals surface area contributed by atoms with Crippen LogP contribution in [0, 0.1) is 5.92 Å². The number of rotatable bonds is 8. The van der Waals surface area contributed by atoms with Gasteiger partial charge >= 0.3 is 0 Å². The number of hydrogen-bond acceptors (Lipinski definition) is 2. The molecule has 1 aromatic rings. The minimum atomic E-state index is 0.454. The fourth-order valence-electron chi connectivity index (χ4n) is 2.31. The lowest BCUT2D eigenvalue weighted by molar-refractivity contribution is 0.419. The quantitative estimate of drug-likeness (QED) is 0.751. The van der Waals surface area contributed by atoms with Crippen LogP contribution in [0.2, 0.25) is 0 Å². The average molecular weight is 237 g/mol. The second-order valence-corrected chi connectivity index (χ2v) is 4.91. The van der Waals surface area contributed by atoms with E-state index in [0.29, 0.717) is 12.0 Å². The molecular weight excluding hydrogens is 210 g/mol. The fourth-order valence-corrected chi connectivity index (χ4v) is 2.31. The predicted octanol–water partition coefficient (Wildman–Crippen LogP) is 3.38. The van der Waals surface area contributed by atoms with Gasteiger partial charge in [0.05, 0.1) is 6.20 Å². The first-order valence-corrected chi connectivity index (χ1v) is 6.96. The van der Waals surface area contributed by atoms with Crippen LogP contribution in [0.4, 0.5) is 0 Å². The van der Waals surface area contributed by atoms with Gasteiger partial charge in [-0.1, -0.05) is 34.1 Å². The molecule has 0 aliphatic heterocycles. The maximum absolute atomic E-state index is 4.47. The van der Waals surface area contributed by atoms with Crippen molar-refractivity contribution in [3.8, 4) is 0 Å². The Morgan fingerprint density at radius 3 is 2.71 bits per heavy atom. The van der Waals surface area contributed by atoms with Crippen molar-refractivity contribution in [3.05, 3.63) is 18.0 Å². The van der Waals surface area contributed by atoms with Gasteiger partial charge in [0.25, 0.3) is 0 Å². The van der Waals surface area contributed by atoms with Gasteiger partial charge in [0.15, 0.2) is 0 Å². The van der Waals surface area contributed by atoms with Crippen LogP contribution in [0.1, 0.15) is 58.6 Å². The van der Waals surface area contributed by atoms with Crippen LogP contribution in [-0.2, 0) is 6.54 Å². The molecule has 1 aromatic heterocycles. The zero-order valence-corrected chi connectivity index (χ0v) is 11.7. The lowest BCUT2D eigenvalue weighted by atomic mass is 10.1. The highest BCUT2D eigenvalue weighted by molar-refractivity contribution is 5.10. The zero-order valence-electron chi connectivity index (χ0n) is 11.7. The van der Waals surface area contributed by atoms with Crippen molar-refractivity contribution in [1.29, 1.82) is 0 Å². The summed E-state index contributed by atoms with van der Waals surface area (Å²) >= 11 is 0. The van der Waals surface area contributed by atoms with E-state index in [1.165, 1.54) is 18.4 Å². The van der Waals surface area contributed by atoms with Gasteiger partial charge in [-0.3, -0.25) is 4.68 Å². The molecule has 1 heterocycles. The number of nitrogens with zero attached hydrogens (tertiary/aromatic N) is 2. The second-order valence-electron chi connectivity index (χ2n) is 4.91. The number of nitrogens with one attached hydrogen (secondary N) is 1. The Labute approximate surface area is 106 Å². The number of aromatic nitrogens is 2. The van der Waals surface area contributed by atoms with E-state index in [-0.39, 0.29) is 0 Å². The van der Waals surface area contributed by atoms with Gasteiger partial charge in [0.1, 0.15) is 0 Å². The molecule has 2 unspecified atom stereocenters. The van der Waals surface area contributed by atoms with Crippen molar-refractivity contribution in [3.63, 3.8) is 0 Å². The molecule has 0 spiro atoms. The molecule has 0 saturated heterocycles. The summed E-state index contributed by atoms with van der Waals surface area (Å²) in [5, 5.41) is 7.95. The molecule has 0 bridgehead atoms. The molecule has 0 saturated carbocycles. The summed E-state index contributed by atoms with van der Waals surface area (Å²) in [5.41, 5.74) is 1.32. The van der Waals surface area contributed by atoms with Crippen LogP contribution in [0.25, 0.3) is 0 Å². The molecule has 3 heteroatoms. The normalized spacial score (nSPS) is 14.8. The molecule has 2 atom stereocenters. The van der Waals surface area contributed by atoms with E-state index >= 15 is 0 Å². The van der Waals surface area contributed by atoms with E-state index in [4.69, 9.17) is 0 Å². The first kappa shape index (κ1) is 14.2. The summed E-state index contributed by atoms with van der Waals surface area (Å²) in [6.45, 7) is 10.9. The summed E-state index contributed by atoms with van der Waals surface area (Å²) in [6, 6.07) is 0.454. The van der Waals surface area contributed by atoms with E-state index in [2.05, 4.69) is 49.0 Å². The van der Waals surface area contributed by atoms with Crippen LogP contribution in [0.3, 0.4) is 0 Å². The van der Waals surface area contributed by atoms with Crippen LogP contribution in [0.15, 0.2) is 12.4 Å². The van der Waals surface area contributed by atoms with Crippen molar-refractivity contribution in [2.45, 2.75) is 59.5 Å². The highest BCUT2D eigenvalue weighted by Gasteiger charge is 2.11. The molecule has 17 heavy (non-hydrogen) atoms. The number of hydrogen-bond donors (Lipinski definition) is 1. The first-order chi connectivity index (χ1) is 8.21. The molecule has 1 N–H and O–H groups in total. The van der Waals surface area contributed by atoms with E-state index in [9.17, 15) is 0 Å². The van der Waals surface area contributed by atoms with Gasteiger partial charge < -0.3 is 5.32 Å². The molecule has 0 amide bonds. The summed E-state index contributed by atoms with van der Waals surface area (Å²) in [4.78, 5) is 0. The van der Waals surface area contributed by atoms with Crippen LogP contribution >= 0.6 is 0 Å². The molecule has 0 aromatic carbocycles. The van der Waals surface area contributed by atoms with Gasteiger partial charge in [-0.25, -0.2) is 0 Å². The minimum absolute atomic E-state index is 0.454. The monoisotopic (exact) mass is 237 g/mol. The smallest absolute Gasteiger partial charge is 0.0537 e. The highest BCUT2D eigenvalue weighted by Crippen LogP contribution is 2.16. The summed E-state index contributed by atoms with van der Waals surface area (Å²) in [6.07, 6.45) is 7.85. The third-order valence-corrected chi connectivity index (χ3v) is 3.19. The average Bonchev–Trinajstić information content (AvgIpc) is 2.74. The van der Waals surface area contributed by atoms with E-state index in [1.807, 2.05) is 6.20 Å². The lowest BCUT2D eigenvalue weighted by Gasteiger charge is -2.13. The standard InChI is InChI=1S/C14H27N3/c1-5-8-12(4)10-17-11-13(9-16-17)14(6-2)15-7-3/h9,11-12,14-15H,5-8,10H2,1-4H3. The lowest BCUT2D eigenvalue weighted by Crippen LogP contribution is -2.19. The minimum Gasteiger partial charge on any atom is -0.310 e. The van der Waals surface area contributed by atoms with Crippen molar-refractivity contribution < 1.29 is 0 Å². The molecule has 0 aliphatic rings. The van der Waals surface area contributed by atoms with E-state index in [0.717, 1.165) is 19.5 Å². The Morgan fingerprint density at radius 2 is 2.12 bits per heavy atom. The summed E-state index contributed by atoms with van der Waals surface area (Å²) < 4.78 is 2.09. The summed E-state index contributed by atoms with van der Waals surface area (Å²) in [7, 11) is 0. The molecule has 98 valence electrons. The fraction of sp³-hybridized carbons (Fsp3) is 0.786. The van der Waals surface area contributed by atoms with Gasteiger partial charge in [0, 0.05) is 24.3 Å². The maximum atomic E-state index is 4.47. The largest absolute Gasteiger partial charge is 0.310 e. The molecule has 0 aliphatic carbocycles. The van der Waals surface area contributed by atoms with Crippen LogP contribution < -0.4 is 5.32 Å². The zero-order chi connectivity index (χ0) is 12.7. The molecule has 3 nitrogen and oxygen atoms in total. The third-order valence-electron chi connectivity index (χ3n) is 3.19. The van der Waals surface area contributed by atoms with E-state index < -0.39 is 0 Å². The highest BCUT2D eigenvalue weighted by atomic mass is 15.3. The van der Waals surface area contributed by atoms with E-state index in [1.54, 1.807) is 0 Å². The molecule has 0 fully saturated rings. The summed E-state index contributed by atoms with van der Waals surface area (Å²) in [5.74, 6) is 0.715. The van der Waals surface area contributed by atoms with Gasteiger partial charge in [-0.15, -0.1) is 0 Å². The van der Waals surface area contributed by atoms with Crippen molar-refractivity contribution in [2.24, 2.45) is 5.92 Å². The Kier molecular flexibility index (Phi) is 6.27. The first-order valence-electron chi connectivity index (χ1n) is 6.96. The Morgan fingerprint density at radius 1 is 1.35 bits per heavy atom. The second kappa shape index (κ2) is 7.49. The van der Waals surface area contributed by atoms with Crippen molar-refractivity contribution in [1.82, 2.24) is 15.1 Å². The van der Waals surface area contributed by atoms with Gasteiger partial charge in [0.2, 0.25) is 0 Å². The third kappa shape index (κ3) is 4.50. The molecule has 0 radical (unpaired) electrons. The van der Waals surface area contributed by atoms with Crippen molar-refractivity contribution >= 4 is 0 Å². The van der Waals surface area contributed by atoms with Gasteiger partial charge in [-0.05, 0) is 25.3 Å². The maximum Gasteiger partial charge on any atom is 0.0537 e. The molecular formula is C14H27N3. The van der Waals surface area contributed by atoms with Crippen LogP contribution in [-0.4, -0.2) is 16.3 Å². The van der Waals surface area contributed by atoms with Crippen molar-refractivity contribution in [2.75, 3.05) is 6.54 Å². The Bertz CT molecular complexity index is 306.